The second-order valence-electron chi connectivity index (χ2n) is 13.5. The minimum absolute atomic E-state index is 0.00597. The van der Waals surface area contributed by atoms with E-state index in [1.165, 1.54) is 11.3 Å². The maximum absolute atomic E-state index is 15.3. The number of carbonyl (C=O) groups is 1. The molecule has 14 heteroatoms. The van der Waals surface area contributed by atoms with Crippen molar-refractivity contribution in [2.24, 2.45) is 10.9 Å². The number of anilines is 4. The summed E-state index contributed by atoms with van der Waals surface area (Å²) in [7, 11) is 0. The number of aromatic carboxylic acids is 1. The van der Waals surface area contributed by atoms with Crippen molar-refractivity contribution in [3.63, 3.8) is 0 Å². The number of thiazole rings is 1. The van der Waals surface area contributed by atoms with Crippen molar-refractivity contribution in [1.82, 2.24) is 30.5 Å². The Balaban J connectivity index is 0.979. The van der Waals surface area contributed by atoms with E-state index in [-0.39, 0.29) is 29.3 Å². The van der Waals surface area contributed by atoms with Crippen molar-refractivity contribution in [3.05, 3.63) is 75.5 Å². The lowest BCUT2D eigenvalue weighted by molar-refractivity contribution is 0.0690. The first kappa shape index (κ1) is 35.5. The number of benzene rings is 2. The Labute approximate surface area is 306 Å². The summed E-state index contributed by atoms with van der Waals surface area (Å²) < 4.78 is 21.1. The molecule has 3 aromatic heterocycles. The number of aliphatic imine (C=N–C) groups is 1. The monoisotopic (exact) mass is 725 g/mol. The van der Waals surface area contributed by atoms with Crippen molar-refractivity contribution in [3.8, 4) is 5.75 Å². The van der Waals surface area contributed by atoms with Gasteiger partial charge < -0.3 is 35.4 Å². The molecule has 0 spiro atoms. The molecule has 272 valence electrons. The van der Waals surface area contributed by atoms with Crippen molar-refractivity contribution < 1.29 is 19.0 Å². The molecule has 12 nitrogen and oxygen atoms in total. The van der Waals surface area contributed by atoms with Gasteiger partial charge in [0.15, 0.2) is 34.0 Å². The van der Waals surface area contributed by atoms with Gasteiger partial charge in [-0.15, -0.1) is 21.5 Å². The molecule has 52 heavy (non-hydrogen) atoms. The van der Waals surface area contributed by atoms with E-state index in [9.17, 15) is 9.90 Å². The standard InChI is InChI=1S/C38H44FN9O3S/c1-4-38(21-25(38)22-41-17-9-16-40-3)24-14-15-30(27(39)20-24)51-19-8-13-31-32(35(49)50)44-37(52-31)48-18-7-10-26-23(2)33(46-47-34(26)48)45-36-42-28-11-5-6-12-29(28)43-36/h5-6,11-12,14-15,20,25,41H,3-4,7-10,13,16-19,21-22H2,1-2H3,(H,49,50)(H2,42,43,45,46). The summed E-state index contributed by atoms with van der Waals surface area (Å²) in [5, 5.41) is 26.4. The molecule has 2 unspecified atom stereocenters. The van der Waals surface area contributed by atoms with Crippen LogP contribution in [0.25, 0.3) is 11.0 Å². The van der Waals surface area contributed by atoms with E-state index in [4.69, 9.17) is 4.74 Å². The number of aromatic nitrogens is 5. The van der Waals surface area contributed by atoms with Crippen LogP contribution in [0.15, 0.2) is 47.5 Å². The van der Waals surface area contributed by atoms with Gasteiger partial charge in [0.25, 0.3) is 0 Å². The smallest absolute Gasteiger partial charge is 0.355 e. The minimum Gasteiger partial charge on any atom is -0.491 e. The highest BCUT2D eigenvalue weighted by Gasteiger charge is 2.53. The first-order valence-electron chi connectivity index (χ1n) is 18.0. The summed E-state index contributed by atoms with van der Waals surface area (Å²) in [4.78, 5) is 31.2. The van der Waals surface area contributed by atoms with E-state index in [2.05, 4.69) is 54.4 Å². The summed E-state index contributed by atoms with van der Waals surface area (Å²) in [6, 6.07) is 13.1. The predicted molar refractivity (Wildman–Crippen MR) is 203 cm³/mol. The number of para-hydroxylation sites is 2. The third-order valence-electron chi connectivity index (χ3n) is 10.4. The van der Waals surface area contributed by atoms with Crippen LogP contribution in [0.3, 0.4) is 0 Å². The molecule has 5 aromatic rings. The van der Waals surface area contributed by atoms with E-state index >= 15 is 4.39 Å². The lowest BCUT2D eigenvalue weighted by Gasteiger charge is -2.28. The summed E-state index contributed by atoms with van der Waals surface area (Å²) in [6.07, 6.45) is 5.55. The van der Waals surface area contributed by atoms with Gasteiger partial charge in [0.05, 0.1) is 17.6 Å². The number of carboxylic acid groups (broad SMARTS) is 1. The average molecular weight is 726 g/mol. The Morgan fingerprint density at radius 1 is 1.23 bits per heavy atom. The van der Waals surface area contributed by atoms with Crippen molar-refractivity contribution in [2.45, 2.75) is 64.2 Å². The molecule has 0 amide bonds. The molecule has 0 saturated heterocycles. The SMILES string of the molecule is C=NCCCNCC1CC1(CC)c1ccc(OCCCc2sc(N3CCCc4c3nnc(Nc3nc5ccccc5[nH]3)c4C)nc2C(=O)O)c(F)c1. The van der Waals surface area contributed by atoms with Gasteiger partial charge in [0, 0.05) is 29.1 Å². The molecular formula is C38H44FN9O3S. The Kier molecular flexibility index (Phi) is 10.5. The Bertz CT molecular complexity index is 2050. The zero-order chi connectivity index (χ0) is 36.2. The number of hydrogen-bond acceptors (Lipinski definition) is 11. The molecule has 0 bridgehead atoms. The lowest BCUT2D eigenvalue weighted by atomic mass is 9.90. The van der Waals surface area contributed by atoms with E-state index in [1.807, 2.05) is 42.2 Å². The first-order chi connectivity index (χ1) is 25.3. The van der Waals surface area contributed by atoms with Crippen LogP contribution in [-0.4, -0.2) is 75.7 Å². The number of rotatable bonds is 17. The summed E-state index contributed by atoms with van der Waals surface area (Å²) in [5.41, 5.74) is 4.79. The van der Waals surface area contributed by atoms with E-state index in [0.717, 1.165) is 79.5 Å². The van der Waals surface area contributed by atoms with Crippen molar-refractivity contribution in [2.75, 3.05) is 43.0 Å². The van der Waals surface area contributed by atoms with Gasteiger partial charge in [-0.25, -0.2) is 19.2 Å². The van der Waals surface area contributed by atoms with Crippen LogP contribution >= 0.6 is 11.3 Å². The molecule has 1 fully saturated rings. The second kappa shape index (κ2) is 15.3. The Hall–Kier alpha value is -4.95. The number of ether oxygens (including phenoxy) is 1. The Morgan fingerprint density at radius 2 is 2.10 bits per heavy atom. The molecular weight excluding hydrogens is 682 g/mol. The summed E-state index contributed by atoms with van der Waals surface area (Å²) in [6.45, 7) is 11.1. The van der Waals surface area contributed by atoms with E-state index < -0.39 is 5.97 Å². The van der Waals surface area contributed by atoms with Crippen LogP contribution in [0, 0.1) is 18.7 Å². The number of hydrogen-bond donors (Lipinski definition) is 4. The number of nitrogens with one attached hydrogen (secondary N) is 3. The topological polar surface area (TPSA) is 154 Å². The third-order valence-corrected chi connectivity index (χ3v) is 11.5. The molecule has 1 saturated carbocycles. The van der Waals surface area contributed by atoms with Gasteiger partial charge in [-0.1, -0.05) is 25.1 Å². The van der Waals surface area contributed by atoms with Crippen LogP contribution < -0.4 is 20.3 Å². The molecule has 2 atom stereocenters. The quantitative estimate of drug-likeness (QED) is 0.0575. The number of carboxylic acids is 1. The molecule has 4 heterocycles. The van der Waals surface area contributed by atoms with Gasteiger partial charge in [0.2, 0.25) is 5.95 Å². The average Bonchev–Trinajstić information content (AvgIpc) is 3.46. The van der Waals surface area contributed by atoms with Gasteiger partial charge in [-0.2, -0.15) is 0 Å². The molecule has 1 aliphatic carbocycles. The zero-order valence-electron chi connectivity index (χ0n) is 29.5. The van der Waals surface area contributed by atoms with Gasteiger partial charge in [-0.3, -0.25) is 0 Å². The summed E-state index contributed by atoms with van der Waals surface area (Å²) in [5.74, 6) is 1.10. The number of fused-ring (bicyclic) bond motifs is 2. The number of nitrogens with zero attached hydrogens (tertiary/aromatic N) is 6. The molecule has 7 rings (SSSR count). The molecule has 1 aliphatic heterocycles. The molecule has 0 radical (unpaired) electrons. The fraction of sp³-hybridized carbons (Fsp3) is 0.421. The lowest BCUT2D eigenvalue weighted by Crippen LogP contribution is -2.27. The number of aromatic amines is 1. The number of halogens is 1. The fourth-order valence-electron chi connectivity index (χ4n) is 7.37. The van der Waals surface area contributed by atoms with Crippen LogP contribution in [0.5, 0.6) is 5.75 Å². The molecule has 2 aliphatic rings. The third kappa shape index (κ3) is 7.22. The highest BCUT2D eigenvalue weighted by Crippen LogP contribution is 2.56. The number of H-pyrrole nitrogens is 1. The van der Waals surface area contributed by atoms with Gasteiger partial charge in [-0.05, 0) is 113 Å². The predicted octanol–water partition coefficient (Wildman–Crippen LogP) is 7.14. The van der Waals surface area contributed by atoms with E-state index in [1.54, 1.807) is 12.1 Å². The molecule has 4 N–H and O–H groups in total. The van der Waals surface area contributed by atoms with Crippen LogP contribution in [-0.2, 0) is 18.3 Å². The minimum atomic E-state index is -1.09. The normalized spacial score (nSPS) is 18.0. The largest absolute Gasteiger partial charge is 0.491 e. The van der Waals surface area contributed by atoms with Crippen LogP contribution in [0.1, 0.15) is 71.1 Å². The number of aryl methyl sites for hydroxylation is 1. The van der Waals surface area contributed by atoms with Crippen molar-refractivity contribution in [1.29, 1.82) is 0 Å². The Morgan fingerprint density at radius 3 is 2.88 bits per heavy atom. The maximum atomic E-state index is 15.3. The highest BCUT2D eigenvalue weighted by atomic mass is 32.1. The summed E-state index contributed by atoms with van der Waals surface area (Å²) >= 11 is 1.34. The zero-order valence-corrected chi connectivity index (χ0v) is 30.4. The molecule has 2 aromatic carbocycles. The van der Waals surface area contributed by atoms with Gasteiger partial charge in [0.1, 0.15) is 0 Å². The first-order valence-corrected chi connectivity index (χ1v) is 18.8. The van der Waals surface area contributed by atoms with E-state index in [0.29, 0.717) is 52.9 Å². The van der Waals surface area contributed by atoms with Crippen LogP contribution in [0.2, 0.25) is 0 Å². The fourth-order valence-corrected chi connectivity index (χ4v) is 8.49. The van der Waals surface area contributed by atoms with Crippen molar-refractivity contribution >= 4 is 57.8 Å². The van der Waals surface area contributed by atoms with Crippen LogP contribution in [0.4, 0.5) is 27.1 Å². The second-order valence-corrected chi connectivity index (χ2v) is 14.6. The number of imidazole rings is 1. The van der Waals surface area contributed by atoms with Gasteiger partial charge >= 0.3 is 5.97 Å². The highest BCUT2D eigenvalue weighted by molar-refractivity contribution is 7.16. The maximum Gasteiger partial charge on any atom is 0.355 e.